The molecule has 1 aliphatic rings. The summed E-state index contributed by atoms with van der Waals surface area (Å²) in [6.07, 6.45) is 3.47. The lowest BCUT2D eigenvalue weighted by molar-refractivity contribution is -0.116. The van der Waals surface area contributed by atoms with E-state index in [2.05, 4.69) is 29.8 Å². The van der Waals surface area contributed by atoms with Gasteiger partial charge in [-0.25, -0.2) is 0 Å². The van der Waals surface area contributed by atoms with Gasteiger partial charge in [-0.15, -0.1) is 0 Å². The molecule has 1 unspecified atom stereocenters. The zero-order valence-corrected chi connectivity index (χ0v) is 12.0. The summed E-state index contributed by atoms with van der Waals surface area (Å²) < 4.78 is 0. The summed E-state index contributed by atoms with van der Waals surface area (Å²) >= 11 is 0. The van der Waals surface area contributed by atoms with Gasteiger partial charge in [0.15, 0.2) is 5.78 Å². The fraction of sp³-hybridized carbons (Fsp3) is 0.278. The van der Waals surface area contributed by atoms with Gasteiger partial charge in [-0.1, -0.05) is 24.3 Å². The standard InChI is InChI=1S/C18H19NO/c1-11(2)13-9-16(12(3)18(20)10-13)14-5-4-6-17-15(14)7-8-19-17/h4-8,13,19H,1,9-10H2,2-3H3. The van der Waals surface area contributed by atoms with E-state index >= 15 is 0 Å². The second-order valence-corrected chi connectivity index (χ2v) is 5.72. The predicted molar refractivity (Wildman–Crippen MR) is 83.4 cm³/mol. The summed E-state index contributed by atoms with van der Waals surface area (Å²) in [5.74, 6) is 0.530. The van der Waals surface area contributed by atoms with Gasteiger partial charge in [0, 0.05) is 23.5 Å². The molecule has 0 amide bonds. The van der Waals surface area contributed by atoms with Crippen molar-refractivity contribution in [2.24, 2.45) is 5.92 Å². The van der Waals surface area contributed by atoms with Gasteiger partial charge in [0.05, 0.1) is 0 Å². The third-order valence-electron chi connectivity index (χ3n) is 4.37. The Morgan fingerprint density at radius 3 is 2.85 bits per heavy atom. The summed E-state index contributed by atoms with van der Waals surface area (Å²) in [7, 11) is 0. The molecule has 0 saturated heterocycles. The van der Waals surface area contributed by atoms with E-state index in [0.717, 1.165) is 23.1 Å². The number of Topliss-reactive ketones (excluding diaryl/α,β-unsaturated/α-hetero) is 1. The average Bonchev–Trinajstić information content (AvgIpc) is 2.89. The van der Waals surface area contributed by atoms with E-state index in [9.17, 15) is 4.79 Å². The number of hydrogen-bond acceptors (Lipinski definition) is 1. The largest absolute Gasteiger partial charge is 0.361 e. The number of allylic oxidation sites excluding steroid dienone is 3. The lowest BCUT2D eigenvalue weighted by Gasteiger charge is -2.26. The van der Waals surface area contributed by atoms with Crippen molar-refractivity contribution in [1.82, 2.24) is 4.98 Å². The maximum absolute atomic E-state index is 12.3. The van der Waals surface area contributed by atoms with Crippen LogP contribution in [0.15, 0.2) is 48.2 Å². The highest BCUT2D eigenvalue weighted by Gasteiger charge is 2.26. The first-order chi connectivity index (χ1) is 9.58. The summed E-state index contributed by atoms with van der Waals surface area (Å²) in [5, 5.41) is 1.19. The van der Waals surface area contributed by atoms with Crippen LogP contribution in [-0.2, 0) is 4.79 Å². The van der Waals surface area contributed by atoms with E-state index < -0.39 is 0 Å². The molecule has 0 radical (unpaired) electrons. The Morgan fingerprint density at radius 1 is 1.30 bits per heavy atom. The van der Waals surface area contributed by atoms with E-state index in [-0.39, 0.29) is 11.7 Å². The number of aromatic nitrogens is 1. The highest BCUT2D eigenvalue weighted by atomic mass is 16.1. The Balaban J connectivity index is 2.16. The number of carbonyl (C=O) groups excluding carboxylic acids is 1. The molecule has 0 aliphatic heterocycles. The number of hydrogen-bond donors (Lipinski definition) is 1. The monoisotopic (exact) mass is 265 g/mol. The molecule has 1 aromatic heterocycles. The number of rotatable bonds is 2. The van der Waals surface area contributed by atoms with Gasteiger partial charge in [-0.05, 0) is 55.0 Å². The van der Waals surface area contributed by atoms with E-state index in [0.29, 0.717) is 6.42 Å². The second-order valence-electron chi connectivity index (χ2n) is 5.72. The molecule has 1 N–H and O–H groups in total. The van der Waals surface area contributed by atoms with Crippen LogP contribution in [-0.4, -0.2) is 10.8 Å². The van der Waals surface area contributed by atoms with Crippen molar-refractivity contribution in [3.05, 3.63) is 53.8 Å². The predicted octanol–water partition coefficient (Wildman–Crippen LogP) is 4.50. The van der Waals surface area contributed by atoms with Crippen LogP contribution in [0.3, 0.4) is 0 Å². The van der Waals surface area contributed by atoms with E-state index in [1.807, 2.05) is 26.1 Å². The van der Waals surface area contributed by atoms with Crippen LogP contribution in [0.5, 0.6) is 0 Å². The molecule has 0 fully saturated rings. The lowest BCUT2D eigenvalue weighted by Crippen LogP contribution is -2.18. The Labute approximate surface area is 119 Å². The van der Waals surface area contributed by atoms with Crippen LogP contribution in [0.2, 0.25) is 0 Å². The first-order valence-electron chi connectivity index (χ1n) is 7.02. The highest BCUT2D eigenvalue weighted by molar-refractivity contribution is 6.07. The van der Waals surface area contributed by atoms with Gasteiger partial charge in [0.2, 0.25) is 0 Å². The maximum atomic E-state index is 12.3. The van der Waals surface area contributed by atoms with Crippen LogP contribution in [0, 0.1) is 5.92 Å². The molecule has 20 heavy (non-hydrogen) atoms. The van der Waals surface area contributed by atoms with Gasteiger partial charge in [0.1, 0.15) is 0 Å². The number of H-pyrrole nitrogens is 1. The minimum Gasteiger partial charge on any atom is -0.361 e. The van der Waals surface area contributed by atoms with Gasteiger partial charge in [-0.2, -0.15) is 0 Å². The third kappa shape index (κ3) is 2.01. The molecule has 1 heterocycles. The Morgan fingerprint density at radius 2 is 2.10 bits per heavy atom. The van der Waals surface area contributed by atoms with Crippen LogP contribution in [0.1, 0.15) is 32.3 Å². The normalized spacial score (nSPS) is 19.7. The Hall–Kier alpha value is -2.09. The van der Waals surface area contributed by atoms with Crippen molar-refractivity contribution in [3.8, 4) is 0 Å². The maximum Gasteiger partial charge on any atom is 0.159 e. The van der Waals surface area contributed by atoms with Crippen molar-refractivity contribution >= 4 is 22.3 Å². The number of benzene rings is 1. The quantitative estimate of drug-likeness (QED) is 0.797. The molecule has 2 aromatic rings. The molecule has 1 atom stereocenters. The van der Waals surface area contributed by atoms with Gasteiger partial charge in [-0.3, -0.25) is 4.79 Å². The SMILES string of the molecule is C=C(C)C1CC(=O)C(C)=C(c2cccc3[nH]ccc23)C1. The number of aromatic amines is 1. The minimum absolute atomic E-state index is 0.256. The highest BCUT2D eigenvalue weighted by Crippen LogP contribution is 2.38. The third-order valence-corrected chi connectivity index (χ3v) is 4.37. The van der Waals surface area contributed by atoms with Gasteiger partial charge < -0.3 is 4.98 Å². The van der Waals surface area contributed by atoms with Crippen LogP contribution < -0.4 is 0 Å². The number of nitrogens with one attached hydrogen (secondary N) is 1. The molecule has 0 bridgehead atoms. The number of fused-ring (bicyclic) bond motifs is 1. The minimum atomic E-state index is 0.256. The van der Waals surface area contributed by atoms with Crippen LogP contribution >= 0.6 is 0 Å². The molecule has 1 aromatic carbocycles. The van der Waals surface area contributed by atoms with E-state index in [4.69, 9.17) is 0 Å². The molecule has 1 aliphatic carbocycles. The summed E-state index contributed by atoms with van der Waals surface area (Å²) in [6.45, 7) is 8.01. The van der Waals surface area contributed by atoms with Crippen molar-refractivity contribution < 1.29 is 4.79 Å². The van der Waals surface area contributed by atoms with Gasteiger partial charge >= 0.3 is 0 Å². The topological polar surface area (TPSA) is 32.9 Å². The molecular weight excluding hydrogens is 246 g/mol. The van der Waals surface area contributed by atoms with Gasteiger partial charge in [0.25, 0.3) is 0 Å². The zero-order valence-electron chi connectivity index (χ0n) is 12.0. The Bertz CT molecular complexity index is 733. The van der Waals surface area contributed by atoms with Crippen molar-refractivity contribution in [3.63, 3.8) is 0 Å². The number of ketones is 1. The molecule has 0 spiro atoms. The van der Waals surface area contributed by atoms with E-state index in [1.165, 1.54) is 16.5 Å². The molecule has 102 valence electrons. The smallest absolute Gasteiger partial charge is 0.159 e. The van der Waals surface area contributed by atoms with Crippen molar-refractivity contribution in [1.29, 1.82) is 0 Å². The second kappa shape index (κ2) is 4.78. The molecular formula is C18H19NO. The first kappa shape index (κ1) is 12.9. The average molecular weight is 265 g/mol. The van der Waals surface area contributed by atoms with Crippen LogP contribution in [0.4, 0.5) is 0 Å². The fourth-order valence-electron chi connectivity index (χ4n) is 3.03. The molecule has 0 saturated carbocycles. The summed E-state index contributed by atoms with van der Waals surface area (Å²) in [5.41, 5.74) is 5.49. The number of carbonyl (C=O) groups is 1. The summed E-state index contributed by atoms with van der Waals surface area (Å²) in [4.78, 5) is 15.5. The summed E-state index contributed by atoms with van der Waals surface area (Å²) in [6, 6.07) is 8.31. The Kier molecular flexibility index (Phi) is 3.09. The van der Waals surface area contributed by atoms with Crippen LogP contribution in [0.25, 0.3) is 16.5 Å². The molecule has 2 nitrogen and oxygen atoms in total. The first-order valence-corrected chi connectivity index (χ1v) is 7.02. The zero-order chi connectivity index (χ0) is 14.3. The van der Waals surface area contributed by atoms with Crippen molar-refractivity contribution in [2.45, 2.75) is 26.7 Å². The fourth-order valence-corrected chi connectivity index (χ4v) is 3.03. The van der Waals surface area contributed by atoms with E-state index in [1.54, 1.807) is 0 Å². The lowest BCUT2D eigenvalue weighted by atomic mass is 9.77. The molecule has 3 rings (SSSR count). The van der Waals surface area contributed by atoms with Crippen molar-refractivity contribution in [2.75, 3.05) is 0 Å². The molecule has 2 heteroatoms.